The number of anilines is 1. The van der Waals surface area contributed by atoms with E-state index in [0.29, 0.717) is 6.54 Å². The van der Waals surface area contributed by atoms with Crippen molar-refractivity contribution in [3.05, 3.63) is 15.9 Å². The molecule has 0 saturated heterocycles. The third-order valence-electron chi connectivity index (χ3n) is 2.99. The number of nitrogens with one attached hydrogen (secondary N) is 1. The molecule has 5 heteroatoms. The fraction of sp³-hybridized carbons (Fsp3) is 0.500. The molecule has 0 atom stereocenters. The fourth-order valence-corrected chi connectivity index (χ4v) is 3.03. The van der Waals surface area contributed by atoms with Gasteiger partial charge in [0, 0.05) is 6.54 Å². The lowest BCUT2D eigenvalue weighted by Crippen LogP contribution is -2.47. The van der Waals surface area contributed by atoms with Gasteiger partial charge in [0.1, 0.15) is 0 Å². The second kappa shape index (κ2) is 4.23. The van der Waals surface area contributed by atoms with Gasteiger partial charge in [-0.05, 0) is 40.9 Å². The number of nitrogens with two attached hydrogens (primary N) is 1. The Kier molecular flexibility index (Phi) is 3.13. The summed E-state index contributed by atoms with van der Waals surface area (Å²) in [6, 6.07) is 3.83. The molecule has 1 aromatic heterocycles. The van der Waals surface area contributed by atoms with E-state index in [0.717, 1.165) is 28.0 Å². The van der Waals surface area contributed by atoms with Crippen molar-refractivity contribution >= 4 is 38.2 Å². The first-order valence-electron chi connectivity index (χ1n) is 4.93. The number of rotatable bonds is 3. The Morgan fingerprint density at radius 2 is 2.33 bits per heavy atom. The van der Waals surface area contributed by atoms with E-state index in [1.165, 1.54) is 11.3 Å². The smallest absolute Gasteiger partial charge is 0.232 e. The highest BCUT2D eigenvalue weighted by Crippen LogP contribution is 2.41. The zero-order valence-corrected chi connectivity index (χ0v) is 10.7. The van der Waals surface area contributed by atoms with Crippen LogP contribution < -0.4 is 11.1 Å². The molecule has 1 aromatic rings. The van der Waals surface area contributed by atoms with Crippen LogP contribution in [0.15, 0.2) is 15.9 Å². The highest BCUT2D eigenvalue weighted by Gasteiger charge is 2.42. The van der Waals surface area contributed by atoms with E-state index in [1.807, 2.05) is 12.1 Å². The molecule has 15 heavy (non-hydrogen) atoms. The summed E-state index contributed by atoms with van der Waals surface area (Å²) in [4.78, 5) is 12.0. The van der Waals surface area contributed by atoms with Gasteiger partial charge < -0.3 is 11.1 Å². The summed E-state index contributed by atoms with van der Waals surface area (Å²) in [7, 11) is 0. The van der Waals surface area contributed by atoms with Gasteiger partial charge in [-0.2, -0.15) is 0 Å². The molecule has 82 valence electrons. The van der Waals surface area contributed by atoms with Crippen LogP contribution in [-0.4, -0.2) is 12.5 Å². The highest BCUT2D eigenvalue weighted by atomic mass is 79.9. The van der Waals surface area contributed by atoms with Gasteiger partial charge in [0.2, 0.25) is 5.91 Å². The van der Waals surface area contributed by atoms with Crippen molar-refractivity contribution in [1.29, 1.82) is 0 Å². The number of carbonyl (C=O) groups is 1. The van der Waals surface area contributed by atoms with Crippen LogP contribution in [0.1, 0.15) is 19.3 Å². The van der Waals surface area contributed by atoms with Crippen molar-refractivity contribution in [2.75, 3.05) is 11.9 Å². The van der Waals surface area contributed by atoms with Crippen LogP contribution in [0, 0.1) is 5.41 Å². The molecule has 3 N–H and O–H groups in total. The number of carbonyl (C=O) groups excluding carboxylic acids is 1. The quantitative estimate of drug-likeness (QED) is 0.898. The average molecular weight is 289 g/mol. The maximum atomic E-state index is 12.0. The first-order chi connectivity index (χ1) is 7.16. The number of hydrogen-bond acceptors (Lipinski definition) is 3. The van der Waals surface area contributed by atoms with Crippen LogP contribution in [0.25, 0.3) is 0 Å². The number of hydrogen-bond donors (Lipinski definition) is 2. The molecule has 1 aliphatic rings. The van der Waals surface area contributed by atoms with Gasteiger partial charge in [-0.25, -0.2) is 0 Å². The van der Waals surface area contributed by atoms with E-state index in [1.54, 1.807) is 0 Å². The minimum atomic E-state index is -0.295. The third kappa shape index (κ3) is 2.09. The molecule has 0 aromatic carbocycles. The first-order valence-corrected chi connectivity index (χ1v) is 6.54. The summed E-state index contributed by atoms with van der Waals surface area (Å²) in [5.74, 6) is 0.0746. The topological polar surface area (TPSA) is 55.1 Å². The Balaban J connectivity index is 2.03. The molecule has 0 radical (unpaired) electrons. The van der Waals surface area contributed by atoms with Crippen LogP contribution in [0.3, 0.4) is 0 Å². The van der Waals surface area contributed by atoms with E-state index in [2.05, 4.69) is 21.2 Å². The standard InChI is InChI=1S/C10H13BrN2OS/c11-7-2-3-8(15-7)13-9(14)10(6-12)4-1-5-10/h2-3H,1,4-6,12H2,(H,13,14). The molecule has 0 aliphatic heterocycles. The molecule has 1 fully saturated rings. The largest absolute Gasteiger partial charge is 0.329 e. The van der Waals surface area contributed by atoms with E-state index in [-0.39, 0.29) is 11.3 Å². The maximum Gasteiger partial charge on any atom is 0.232 e. The minimum Gasteiger partial charge on any atom is -0.329 e. The summed E-state index contributed by atoms with van der Waals surface area (Å²) in [6.07, 6.45) is 2.95. The van der Waals surface area contributed by atoms with Crippen molar-refractivity contribution in [2.45, 2.75) is 19.3 Å². The van der Waals surface area contributed by atoms with Crippen molar-refractivity contribution in [1.82, 2.24) is 0 Å². The number of thiophene rings is 1. The molecular formula is C10H13BrN2OS. The van der Waals surface area contributed by atoms with Gasteiger partial charge in [0.15, 0.2) is 0 Å². The van der Waals surface area contributed by atoms with Crippen LogP contribution in [0.5, 0.6) is 0 Å². The SMILES string of the molecule is NCC1(C(=O)Nc2ccc(Br)s2)CCC1. The van der Waals surface area contributed by atoms with Gasteiger partial charge >= 0.3 is 0 Å². The molecule has 3 nitrogen and oxygen atoms in total. The first kappa shape index (κ1) is 11.1. The normalized spacial score (nSPS) is 18.3. The monoisotopic (exact) mass is 288 g/mol. The van der Waals surface area contributed by atoms with Gasteiger partial charge in [0.25, 0.3) is 0 Å². The van der Waals surface area contributed by atoms with E-state index >= 15 is 0 Å². The predicted octanol–water partition coefficient (Wildman–Crippen LogP) is 2.58. The van der Waals surface area contributed by atoms with Gasteiger partial charge in [-0.15, -0.1) is 11.3 Å². The molecule has 2 rings (SSSR count). The van der Waals surface area contributed by atoms with Crippen molar-refractivity contribution in [3.8, 4) is 0 Å². The second-order valence-corrected chi connectivity index (χ2v) is 6.36. The highest BCUT2D eigenvalue weighted by molar-refractivity contribution is 9.11. The summed E-state index contributed by atoms with van der Waals surface area (Å²) in [5.41, 5.74) is 5.37. The zero-order valence-electron chi connectivity index (χ0n) is 8.25. The van der Waals surface area contributed by atoms with Crippen molar-refractivity contribution < 1.29 is 4.79 Å². The predicted molar refractivity (Wildman–Crippen MR) is 66.0 cm³/mol. The maximum absolute atomic E-state index is 12.0. The molecule has 0 unspecified atom stereocenters. The number of halogens is 1. The van der Waals surface area contributed by atoms with E-state index in [4.69, 9.17) is 5.73 Å². The third-order valence-corrected chi connectivity index (χ3v) is 4.53. The molecule has 1 aliphatic carbocycles. The molecule has 0 spiro atoms. The summed E-state index contributed by atoms with van der Waals surface area (Å²) >= 11 is 4.88. The van der Waals surface area contributed by atoms with Crippen LogP contribution in [0.4, 0.5) is 5.00 Å². The Labute approximate surface area is 101 Å². The lowest BCUT2D eigenvalue weighted by atomic mass is 9.68. The van der Waals surface area contributed by atoms with E-state index in [9.17, 15) is 4.79 Å². The van der Waals surface area contributed by atoms with Crippen LogP contribution in [0.2, 0.25) is 0 Å². The van der Waals surface area contributed by atoms with Gasteiger partial charge in [-0.3, -0.25) is 4.79 Å². The Morgan fingerprint density at radius 1 is 1.60 bits per heavy atom. The molecular weight excluding hydrogens is 276 g/mol. The Bertz CT molecular complexity index is 368. The van der Waals surface area contributed by atoms with Gasteiger partial charge in [0.05, 0.1) is 14.2 Å². The van der Waals surface area contributed by atoms with Crippen molar-refractivity contribution in [2.24, 2.45) is 11.1 Å². The molecule has 1 heterocycles. The Morgan fingerprint density at radius 3 is 2.73 bits per heavy atom. The van der Waals surface area contributed by atoms with Crippen molar-refractivity contribution in [3.63, 3.8) is 0 Å². The molecule has 1 amide bonds. The second-order valence-electron chi connectivity index (χ2n) is 3.90. The van der Waals surface area contributed by atoms with Gasteiger partial charge in [-0.1, -0.05) is 6.42 Å². The average Bonchev–Trinajstić information content (AvgIpc) is 2.50. The minimum absolute atomic E-state index is 0.0746. The van der Waals surface area contributed by atoms with Crippen LogP contribution in [-0.2, 0) is 4.79 Å². The fourth-order valence-electron chi connectivity index (χ4n) is 1.75. The Hall–Kier alpha value is -0.390. The molecule has 0 bridgehead atoms. The zero-order chi connectivity index (χ0) is 10.9. The van der Waals surface area contributed by atoms with E-state index < -0.39 is 0 Å². The summed E-state index contributed by atoms with van der Waals surface area (Å²) < 4.78 is 1.02. The lowest BCUT2D eigenvalue weighted by Gasteiger charge is -2.38. The lowest BCUT2D eigenvalue weighted by molar-refractivity contribution is -0.129. The summed E-state index contributed by atoms with van der Waals surface area (Å²) in [6.45, 7) is 0.450. The molecule has 1 saturated carbocycles. The van der Waals surface area contributed by atoms with Crippen LogP contribution >= 0.6 is 27.3 Å². The number of amides is 1. The summed E-state index contributed by atoms with van der Waals surface area (Å²) in [5, 5.41) is 3.81.